The van der Waals surface area contributed by atoms with Gasteiger partial charge < -0.3 is 19.7 Å². The lowest BCUT2D eigenvalue weighted by atomic mass is 10.1. The number of carboxylic acids is 1. The Kier molecular flexibility index (Phi) is 4.73. The predicted octanol–water partition coefficient (Wildman–Crippen LogP) is 0.773. The molecule has 0 saturated heterocycles. The number of hydrogen-bond acceptors (Lipinski definition) is 5. The van der Waals surface area contributed by atoms with Crippen LogP contribution in [0.1, 0.15) is 41.1 Å². The number of aryl methyl sites for hydroxylation is 1. The molecule has 0 saturated carbocycles. The zero-order valence-electron chi connectivity index (χ0n) is 11.3. The first-order valence-corrected chi connectivity index (χ1v) is 6.63. The summed E-state index contributed by atoms with van der Waals surface area (Å²) in [5.41, 5.74) is 1.01. The molecule has 1 aliphatic rings. The molecule has 2 rings (SSSR count). The molecule has 0 aromatic carbocycles. The summed E-state index contributed by atoms with van der Waals surface area (Å²) >= 11 is 0. The van der Waals surface area contributed by atoms with Gasteiger partial charge >= 0.3 is 5.97 Å². The summed E-state index contributed by atoms with van der Waals surface area (Å²) in [6.07, 6.45) is 4.60. The Bertz CT molecular complexity index is 497. The topological polar surface area (TPSA) is 102 Å². The fraction of sp³-hybridized carbons (Fsp3) is 0.615. The van der Waals surface area contributed by atoms with E-state index in [1.165, 1.54) is 7.11 Å². The third kappa shape index (κ3) is 3.16. The Hall–Kier alpha value is -1.89. The molecule has 1 aromatic rings. The van der Waals surface area contributed by atoms with E-state index >= 15 is 0 Å². The number of aliphatic carboxylic acids is 1. The molecule has 1 aliphatic carbocycles. The van der Waals surface area contributed by atoms with Crippen LogP contribution in [-0.4, -0.2) is 41.9 Å². The van der Waals surface area contributed by atoms with Gasteiger partial charge in [0.05, 0.1) is 6.61 Å². The minimum atomic E-state index is -1.14. The number of ether oxygens (including phenoxy) is 1. The number of nitrogens with one attached hydrogen (secondary N) is 1. The Morgan fingerprint density at radius 2 is 2.15 bits per heavy atom. The largest absolute Gasteiger partial charge is 0.480 e. The zero-order valence-corrected chi connectivity index (χ0v) is 11.3. The maximum Gasteiger partial charge on any atom is 0.328 e. The van der Waals surface area contributed by atoms with Gasteiger partial charge in [0.25, 0.3) is 5.91 Å². The summed E-state index contributed by atoms with van der Waals surface area (Å²) in [5.74, 6) is -0.928. The molecule has 0 radical (unpaired) electrons. The Labute approximate surface area is 116 Å². The lowest BCUT2D eigenvalue weighted by Crippen LogP contribution is -2.44. The van der Waals surface area contributed by atoms with E-state index in [1.54, 1.807) is 0 Å². The first-order valence-electron chi connectivity index (χ1n) is 6.63. The van der Waals surface area contributed by atoms with Crippen LogP contribution in [-0.2, 0) is 22.4 Å². The van der Waals surface area contributed by atoms with Gasteiger partial charge in [0.1, 0.15) is 5.76 Å². The Morgan fingerprint density at radius 1 is 1.40 bits per heavy atom. The molecule has 0 bridgehead atoms. The van der Waals surface area contributed by atoms with E-state index in [1.807, 2.05) is 0 Å². The van der Waals surface area contributed by atoms with E-state index in [2.05, 4.69) is 10.5 Å². The van der Waals surface area contributed by atoms with Crippen molar-refractivity contribution >= 4 is 11.9 Å². The molecule has 2 N–H and O–H groups in total. The van der Waals surface area contributed by atoms with Gasteiger partial charge in [-0.3, -0.25) is 4.79 Å². The predicted molar refractivity (Wildman–Crippen MR) is 68.5 cm³/mol. The number of fused-ring (bicyclic) bond motifs is 1. The van der Waals surface area contributed by atoms with E-state index < -0.39 is 17.9 Å². The van der Waals surface area contributed by atoms with Crippen molar-refractivity contribution in [1.29, 1.82) is 0 Å². The highest BCUT2D eigenvalue weighted by molar-refractivity contribution is 5.96. The second-order valence-electron chi connectivity index (χ2n) is 4.81. The fourth-order valence-corrected chi connectivity index (χ4v) is 2.31. The summed E-state index contributed by atoms with van der Waals surface area (Å²) in [4.78, 5) is 23.1. The number of amides is 1. The van der Waals surface area contributed by atoms with Gasteiger partial charge in [-0.2, -0.15) is 0 Å². The molecule has 110 valence electrons. The minimum absolute atomic E-state index is 0.0961. The quantitative estimate of drug-likeness (QED) is 0.773. The van der Waals surface area contributed by atoms with Crippen LogP contribution in [0, 0.1) is 0 Å². The van der Waals surface area contributed by atoms with E-state index in [9.17, 15) is 9.59 Å². The second kappa shape index (κ2) is 6.51. The molecule has 1 unspecified atom stereocenters. The maximum absolute atomic E-state index is 12.1. The van der Waals surface area contributed by atoms with Crippen LogP contribution in [0.15, 0.2) is 4.52 Å². The molecule has 1 atom stereocenters. The zero-order chi connectivity index (χ0) is 14.5. The van der Waals surface area contributed by atoms with Gasteiger partial charge in [0, 0.05) is 19.1 Å². The normalized spacial score (nSPS) is 16.1. The number of rotatable bonds is 5. The average Bonchev–Trinajstić information content (AvgIpc) is 2.67. The van der Waals surface area contributed by atoms with E-state index in [0.717, 1.165) is 43.4 Å². The summed E-state index contributed by atoms with van der Waals surface area (Å²) in [6, 6.07) is -1.09. The highest BCUT2D eigenvalue weighted by Crippen LogP contribution is 2.23. The van der Waals surface area contributed by atoms with Crippen molar-refractivity contribution in [2.24, 2.45) is 0 Å². The van der Waals surface area contributed by atoms with Crippen molar-refractivity contribution in [1.82, 2.24) is 10.5 Å². The van der Waals surface area contributed by atoms with Gasteiger partial charge in [-0.1, -0.05) is 11.6 Å². The van der Waals surface area contributed by atoms with Crippen molar-refractivity contribution in [2.45, 2.75) is 38.1 Å². The number of carbonyl (C=O) groups excluding carboxylic acids is 1. The Morgan fingerprint density at radius 3 is 2.85 bits per heavy atom. The van der Waals surface area contributed by atoms with Crippen LogP contribution in [0.4, 0.5) is 0 Å². The second-order valence-corrected chi connectivity index (χ2v) is 4.81. The molecule has 1 heterocycles. The van der Waals surface area contributed by atoms with Crippen LogP contribution >= 0.6 is 0 Å². The molecule has 7 heteroatoms. The van der Waals surface area contributed by atoms with Crippen molar-refractivity contribution in [3.05, 3.63) is 17.0 Å². The van der Waals surface area contributed by atoms with Crippen LogP contribution in [0.2, 0.25) is 0 Å². The highest BCUT2D eigenvalue weighted by atomic mass is 16.5. The first kappa shape index (κ1) is 14.5. The number of carbonyl (C=O) groups is 2. The lowest BCUT2D eigenvalue weighted by Gasteiger charge is -2.12. The number of hydrogen-bond donors (Lipinski definition) is 2. The van der Waals surface area contributed by atoms with Crippen molar-refractivity contribution in [3.63, 3.8) is 0 Å². The van der Waals surface area contributed by atoms with Crippen LogP contribution in [0.25, 0.3) is 0 Å². The van der Waals surface area contributed by atoms with Gasteiger partial charge in [-0.25, -0.2) is 4.79 Å². The van der Waals surface area contributed by atoms with Gasteiger partial charge in [0.15, 0.2) is 11.7 Å². The monoisotopic (exact) mass is 282 g/mol. The molecule has 1 amide bonds. The standard InChI is InChI=1S/C13H18N2O5/c1-19-7-9(13(17)18)14-12(16)11-8-5-3-2-4-6-10(8)20-15-11/h9H,2-7H2,1H3,(H,14,16)(H,17,18). The molecule has 20 heavy (non-hydrogen) atoms. The molecule has 0 fully saturated rings. The SMILES string of the molecule is COCC(NC(=O)c1noc2c1CCCCC2)C(=O)O. The van der Waals surface area contributed by atoms with Crippen LogP contribution in [0.3, 0.4) is 0 Å². The minimum Gasteiger partial charge on any atom is -0.480 e. The molecular weight excluding hydrogens is 264 g/mol. The smallest absolute Gasteiger partial charge is 0.328 e. The van der Waals surface area contributed by atoms with Crippen LogP contribution in [0.5, 0.6) is 0 Å². The van der Waals surface area contributed by atoms with E-state index in [4.69, 9.17) is 14.4 Å². The van der Waals surface area contributed by atoms with Gasteiger partial charge in [-0.15, -0.1) is 0 Å². The molecule has 0 aliphatic heterocycles. The number of methoxy groups -OCH3 is 1. The summed E-state index contributed by atoms with van der Waals surface area (Å²) in [7, 11) is 1.38. The highest BCUT2D eigenvalue weighted by Gasteiger charge is 2.26. The lowest BCUT2D eigenvalue weighted by molar-refractivity contribution is -0.140. The number of nitrogens with zero attached hydrogens (tertiary/aromatic N) is 1. The molecule has 0 spiro atoms. The van der Waals surface area contributed by atoms with Crippen molar-refractivity contribution < 1.29 is 24.0 Å². The van der Waals surface area contributed by atoms with E-state index in [-0.39, 0.29) is 12.3 Å². The number of aromatic nitrogens is 1. The van der Waals surface area contributed by atoms with Crippen LogP contribution < -0.4 is 5.32 Å². The van der Waals surface area contributed by atoms with Crippen molar-refractivity contribution in [2.75, 3.05) is 13.7 Å². The van der Waals surface area contributed by atoms with Crippen molar-refractivity contribution in [3.8, 4) is 0 Å². The Balaban J connectivity index is 2.13. The number of carboxylic acid groups (broad SMARTS) is 1. The van der Waals surface area contributed by atoms with Gasteiger partial charge in [-0.05, 0) is 19.3 Å². The summed E-state index contributed by atoms with van der Waals surface area (Å²) < 4.78 is 9.98. The fourth-order valence-electron chi connectivity index (χ4n) is 2.31. The third-order valence-corrected chi connectivity index (χ3v) is 3.35. The van der Waals surface area contributed by atoms with Gasteiger partial charge in [0.2, 0.25) is 0 Å². The summed E-state index contributed by atoms with van der Waals surface area (Å²) in [6.45, 7) is -0.0961. The molecule has 1 aromatic heterocycles. The maximum atomic E-state index is 12.1. The summed E-state index contributed by atoms with van der Waals surface area (Å²) in [5, 5.41) is 15.2. The average molecular weight is 282 g/mol. The molecule has 7 nitrogen and oxygen atoms in total. The third-order valence-electron chi connectivity index (χ3n) is 3.35. The van der Waals surface area contributed by atoms with E-state index in [0.29, 0.717) is 0 Å². The molecular formula is C13H18N2O5. The first-order chi connectivity index (χ1) is 9.63.